The number of nitrogens with zero attached hydrogens (tertiary/aromatic N) is 2. The maximum absolute atomic E-state index is 5.71. The topological polar surface area (TPSA) is 28.2 Å². The molecular formula is C7H12ClN3S. The van der Waals surface area contributed by atoms with Crippen LogP contribution >= 0.6 is 22.9 Å². The van der Waals surface area contributed by atoms with Crippen LogP contribution < -0.4 is 5.32 Å². The molecule has 1 aromatic rings. The zero-order valence-electron chi connectivity index (χ0n) is 7.17. The van der Waals surface area contributed by atoms with Gasteiger partial charge in [-0.25, -0.2) is 4.98 Å². The minimum atomic E-state index is 0.724. The molecule has 0 aromatic carbocycles. The predicted octanol–water partition coefficient (Wildman–Crippen LogP) is 1.77. The Balaban J connectivity index is 2.24. The molecule has 0 aliphatic carbocycles. The van der Waals surface area contributed by atoms with E-state index >= 15 is 0 Å². The van der Waals surface area contributed by atoms with Gasteiger partial charge in [-0.15, -0.1) is 0 Å². The Labute approximate surface area is 81.4 Å². The zero-order valence-corrected chi connectivity index (χ0v) is 8.74. The molecule has 0 saturated heterocycles. The van der Waals surface area contributed by atoms with Crippen molar-refractivity contribution in [3.63, 3.8) is 0 Å². The highest BCUT2D eigenvalue weighted by molar-refractivity contribution is 7.19. The van der Waals surface area contributed by atoms with Crippen molar-refractivity contribution in [1.29, 1.82) is 0 Å². The van der Waals surface area contributed by atoms with Crippen LogP contribution in [0.15, 0.2) is 6.20 Å². The minimum absolute atomic E-state index is 0.724. The summed E-state index contributed by atoms with van der Waals surface area (Å²) in [6.45, 7) is 1.90. The van der Waals surface area contributed by atoms with Crippen LogP contribution in [-0.4, -0.2) is 37.1 Å². The molecule has 0 radical (unpaired) electrons. The standard InChI is InChI=1S/C7H12ClN3S/c1-11(2)4-3-9-7-10-5-6(8)12-7/h5H,3-4H2,1-2H3,(H,9,10). The van der Waals surface area contributed by atoms with Gasteiger partial charge in [-0.2, -0.15) is 0 Å². The van der Waals surface area contributed by atoms with E-state index in [1.54, 1.807) is 6.20 Å². The normalized spacial score (nSPS) is 10.7. The van der Waals surface area contributed by atoms with Gasteiger partial charge in [0, 0.05) is 13.1 Å². The van der Waals surface area contributed by atoms with E-state index in [9.17, 15) is 0 Å². The molecule has 0 bridgehead atoms. The fourth-order valence-electron chi connectivity index (χ4n) is 0.723. The molecule has 0 atom stereocenters. The van der Waals surface area contributed by atoms with Gasteiger partial charge in [0.25, 0.3) is 0 Å². The lowest BCUT2D eigenvalue weighted by Gasteiger charge is -2.08. The summed E-state index contributed by atoms with van der Waals surface area (Å²) in [5.41, 5.74) is 0. The first-order valence-corrected chi connectivity index (χ1v) is 4.88. The molecule has 1 heterocycles. The Morgan fingerprint density at radius 3 is 2.92 bits per heavy atom. The van der Waals surface area contributed by atoms with E-state index in [-0.39, 0.29) is 0 Å². The van der Waals surface area contributed by atoms with Crippen molar-refractivity contribution in [3.8, 4) is 0 Å². The lowest BCUT2D eigenvalue weighted by Crippen LogP contribution is -2.20. The Morgan fingerprint density at radius 2 is 2.42 bits per heavy atom. The van der Waals surface area contributed by atoms with E-state index in [2.05, 4.69) is 15.2 Å². The second kappa shape index (κ2) is 4.64. The molecule has 0 amide bonds. The molecule has 1 N–H and O–H groups in total. The monoisotopic (exact) mass is 205 g/mol. The van der Waals surface area contributed by atoms with Crippen LogP contribution in [0.5, 0.6) is 0 Å². The average molecular weight is 206 g/mol. The van der Waals surface area contributed by atoms with Crippen LogP contribution in [0.2, 0.25) is 4.34 Å². The lowest BCUT2D eigenvalue weighted by molar-refractivity contribution is 0.425. The van der Waals surface area contributed by atoms with Crippen molar-refractivity contribution in [2.24, 2.45) is 0 Å². The Bertz CT molecular complexity index is 236. The summed E-state index contributed by atoms with van der Waals surface area (Å²) < 4.78 is 0.724. The molecule has 0 spiro atoms. The van der Waals surface area contributed by atoms with E-state index < -0.39 is 0 Å². The van der Waals surface area contributed by atoms with Crippen molar-refractivity contribution >= 4 is 28.1 Å². The summed E-state index contributed by atoms with van der Waals surface area (Å²) in [4.78, 5) is 6.18. The molecule has 1 rings (SSSR count). The first kappa shape index (κ1) is 9.77. The number of hydrogen-bond acceptors (Lipinski definition) is 4. The van der Waals surface area contributed by atoms with Gasteiger partial charge in [0.2, 0.25) is 0 Å². The van der Waals surface area contributed by atoms with E-state index in [1.165, 1.54) is 11.3 Å². The van der Waals surface area contributed by atoms with Gasteiger partial charge in [0.1, 0.15) is 4.34 Å². The van der Waals surface area contributed by atoms with Gasteiger partial charge in [-0.3, -0.25) is 0 Å². The largest absolute Gasteiger partial charge is 0.360 e. The average Bonchev–Trinajstić information content (AvgIpc) is 2.35. The van der Waals surface area contributed by atoms with Crippen LogP contribution in [-0.2, 0) is 0 Å². The quantitative estimate of drug-likeness (QED) is 0.812. The molecule has 0 aliphatic rings. The summed E-state index contributed by atoms with van der Waals surface area (Å²) in [6, 6.07) is 0. The lowest BCUT2D eigenvalue weighted by atomic mass is 10.6. The third-order valence-corrected chi connectivity index (χ3v) is 2.39. The van der Waals surface area contributed by atoms with E-state index in [1.807, 2.05) is 14.1 Å². The SMILES string of the molecule is CN(C)CCNc1ncc(Cl)s1. The Hall–Kier alpha value is -0.320. The van der Waals surface area contributed by atoms with E-state index in [0.29, 0.717) is 0 Å². The van der Waals surface area contributed by atoms with Crippen molar-refractivity contribution in [2.45, 2.75) is 0 Å². The van der Waals surface area contributed by atoms with Crippen molar-refractivity contribution in [1.82, 2.24) is 9.88 Å². The van der Waals surface area contributed by atoms with Gasteiger partial charge in [0.05, 0.1) is 6.20 Å². The van der Waals surface area contributed by atoms with E-state index in [4.69, 9.17) is 11.6 Å². The van der Waals surface area contributed by atoms with Crippen LogP contribution in [0, 0.1) is 0 Å². The van der Waals surface area contributed by atoms with Crippen LogP contribution in [0.3, 0.4) is 0 Å². The number of aromatic nitrogens is 1. The summed E-state index contributed by atoms with van der Waals surface area (Å²) in [6.07, 6.45) is 1.66. The zero-order chi connectivity index (χ0) is 8.97. The number of anilines is 1. The van der Waals surface area contributed by atoms with Crippen molar-refractivity contribution < 1.29 is 0 Å². The molecule has 12 heavy (non-hydrogen) atoms. The van der Waals surface area contributed by atoms with Crippen molar-refractivity contribution in [3.05, 3.63) is 10.5 Å². The molecular weight excluding hydrogens is 194 g/mol. The third-order valence-electron chi connectivity index (χ3n) is 1.31. The van der Waals surface area contributed by atoms with Gasteiger partial charge in [-0.05, 0) is 14.1 Å². The second-order valence-corrected chi connectivity index (χ2v) is 4.36. The highest BCUT2D eigenvalue weighted by Gasteiger charge is 1.97. The van der Waals surface area contributed by atoms with Crippen LogP contribution in [0.4, 0.5) is 5.13 Å². The molecule has 5 heteroatoms. The maximum Gasteiger partial charge on any atom is 0.184 e. The number of likely N-dealkylation sites (N-methyl/N-ethyl adjacent to an activating group) is 1. The van der Waals surface area contributed by atoms with E-state index in [0.717, 1.165) is 22.6 Å². The minimum Gasteiger partial charge on any atom is -0.360 e. The Morgan fingerprint density at radius 1 is 1.67 bits per heavy atom. The summed E-state index contributed by atoms with van der Waals surface area (Å²) in [7, 11) is 4.08. The summed E-state index contributed by atoms with van der Waals surface area (Å²) in [5.74, 6) is 0. The van der Waals surface area contributed by atoms with Crippen LogP contribution in [0.1, 0.15) is 0 Å². The fourth-order valence-corrected chi connectivity index (χ4v) is 1.56. The number of halogens is 1. The van der Waals surface area contributed by atoms with Gasteiger partial charge >= 0.3 is 0 Å². The number of rotatable bonds is 4. The first-order valence-electron chi connectivity index (χ1n) is 3.68. The van der Waals surface area contributed by atoms with Gasteiger partial charge in [-0.1, -0.05) is 22.9 Å². The smallest absolute Gasteiger partial charge is 0.184 e. The summed E-state index contributed by atoms with van der Waals surface area (Å²) >= 11 is 7.17. The molecule has 0 unspecified atom stereocenters. The third kappa shape index (κ3) is 3.38. The highest BCUT2D eigenvalue weighted by Crippen LogP contribution is 2.21. The molecule has 0 fully saturated rings. The fraction of sp³-hybridized carbons (Fsp3) is 0.571. The summed E-state index contributed by atoms with van der Waals surface area (Å²) in [5, 5.41) is 4.07. The molecule has 1 aromatic heterocycles. The molecule has 3 nitrogen and oxygen atoms in total. The van der Waals surface area contributed by atoms with Crippen LogP contribution in [0.25, 0.3) is 0 Å². The number of thiazole rings is 1. The Kier molecular flexibility index (Phi) is 3.78. The predicted molar refractivity (Wildman–Crippen MR) is 54.2 cm³/mol. The molecule has 0 aliphatic heterocycles. The number of hydrogen-bond donors (Lipinski definition) is 1. The van der Waals surface area contributed by atoms with Gasteiger partial charge in [0.15, 0.2) is 5.13 Å². The first-order chi connectivity index (χ1) is 5.68. The maximum atomic E-state index is 5.71. The van der Waals surface area contributed by atoms with Crippen molar-refractivity contribution in [2.75, 3.05) is 32.5 Å². The van der Waals surface area contributed by atoms with Gasteiger partial charge < -0.3 is 10.2 Å². The molecule has 0 saturated carbocycles. The number of nitrogens with one attached hydrogen (secondary N) is 1. The second-order valence-electron chi connectivity index (χ2n) is 2.70. The highest BCUT2D eigenvalue weighted by atomic mass is 35.5. The molecule has 68 valence electrons.